The summed E-state index contributed by atoms with van der Waals surface area (Å²) >= 11 is 0. The lowest BCUT2D eigenvalue weighted by atomic mass is 10.1. The SMILES string of the molecule is C=CC(=O)Nc1cc(CN(C)C)ccc1Nc1cc(Oc2ccc(C)cc2)ccn1. The Hall–Kier alpha value is -3.64. The summed E-state index contributed by atoms with van der Waals surface area (Å²) in [4.78, 5) is 18.3. The van der Waals surface area contributed by atoms with Crippen molar-refractivity contribution in [2.45, 2.75) is 13.5 Å². The molecule has 0 radical (unpaired) electrons. The minimum absolute atomic E-state index is 0.274. The number of pyridine rings is 1. The standard InChI is InChI=1S/C24H26N4O2/c1-5-24(29)27-22-14-18(16-28(3)4)8-11-21(22)26-23-15-20(12-13-25-23)30-19-9-6-17(2)7-10-19/h5-15H,1,16H2,2-4H3,(H,25,26)(H,27,29). The maximum absolute atomic E-state index is 11.9. The van der Waals surface area contributed by atoms with Crippen LogP contribution in [0.3, 0.4) is 0 Å². The van der Waals surface area contributed by atoms with Gasteiger partial charge in [-0.1, -0.05) is 30.3 Å². The van der Waals surface area contributed by atoms with E-state index in [-0.39, 0.29) is 5.91 Å². The lowest BCUT2D eigenvalue weighted by Gasteiger charge is -2.16. The first-order valence-electron chi connectivity index (χ1n) is 9.61. The highest BCUT2D eigenvalue weighted by atomic mass is 16.5. The minimum atomic E-state index is -0.274. The van der Waals surface area contributed by atoms with Crippen LogP contribution in [0.5, 0.6) is 11.5 Å². The first kappa shape index (κ1) is 21.1. The fraction of sp³-hybridized carbons (Fsp3) is 0.167. The summed E-state index contributed by atoms with van der Waals surface area (Å²) in [5.41, 5.74) is 3.64. The Morgan fingerprint density at radius 3 is 2.53 bits per heavy atom. The van der Waals surface area contributed by atoms with E-state index in [1.165, 1.54) is 11.6 Å². The molecule has 0 saturated carbocycles. The summed E-state index contributed by atoms with van der Waals surface area (Å²) in [5.74, 6) is 1.75. The number of ether oxygens (including phenoxy) is 1. The monoisotopic (exact) mass is 402 g/mol. The molecule has 3 rings (SSSR count). The minimum Gasteiger partial charge on any atom is -0.457 e. The second kappa shape index (κ2) is 9.71. The molecule has 1 amide bonds. The normalized spacial score (nSPS) is 10.5. The maximum atomic E-state index is 11.9. The Balaban J connectivity index is 1.82. The Kier molecular flexibility index (Phi) is 6.83. The van der Waals surface area contributed by atoms with Gasteiger partial charge in [-0.15, -0.1) is 0 Å². The van der Waals surface area contributed by atoms with E-state index in [1.807, 2.05) is 69.6 Å². The zero-order valence-electron chi connectivity index (χ0n) is 17.5. The van der Waals surface area contributed by atoms with Crippen LogP contribution in [0.4, 0.5) is 17.2 Å². The third-order valence-electron chi connectivity index (χ3n) is 4.28. The van der Waals surface area contributed by atoms with Gasteiger partial charge in [-0.05, 0) is 63.0 Å². The topological polar surface area (TPSA) is 66.5 Å². The summed E-state index contributed by atoms with van der Waals surface area (Å²) in [5, 5.41) is 6.12. The molecule has 0 atom stereocenters. The third-order valence-corrected chi connectivity index (χ3v) is 4.28. The molecule has 0 spiro atoms. The van der Waals surface area contributed by atoms with E-state index in [0.29, 0.717) is 17.3 Å². The molecule has 0 aliphatic rings. The average Bonchev–Trinajstić information content (AvgIpc) is 2.71. The van der Waals surface area contributed by atoms with Gasteiger partial charge in [0, 0.05) is 18.8 Å². The molecule has 2 aromatic carbocycles. The van der Waals surface area contributed by atoms with Gasteiger partial charge in [0.1, 0.15) is 17.3 Å². The third kappa shape index (κ3) is 5.93. The van der Waals surface area contributed by atoms with E-state index >= 15 is 0 Å². The lowest BCUT2D eigenvalue weighted by Crippen LogP contribution is -2.13. The van der Waals surface area contributed by atoms with E-state index in [1.54, 1.807) is 12.3 Å². The van der Waals surface area contributed by atoms with Gasteiger partial charge < -0.3 is 20.3 Å². The van der Waals surface area contributed by atoms with E-state index in [9.17, 15) is 4.79 Å². The highest BCUT2D eigenvalue weighted by Gasteiger charge is 2.09. The van der Waals surface area contributed by atoms with Gasteiger partial charge >= 0.3 is 0 Å². The molecule has 0 aliphatic heterocycles. The molecule has 0 fully saturated rings. The zero-order chi connectivity index (χ0) is 21.5. The molecule has 6 heteroatoms. The molecule has 0 bridgehead atoms. The number of amides is 1. The van der Waals surface area contributed by atoms with Crippen LogP contribution < -0.4 is 15.4 Å². The molecule has 3 aromatic rings. The molecule has 0 aliphatic carbocycles. The van der Waals surface area contributed by atoms with Gasteiger partial charge in [0.2, 0.25) is 5.91 Å². The molecular weight excluding hydrogens is 376 g/mol. The predicted molar refractivity (Wildman–Crippen MR) is 121 cm³/mol. The summed E-state index contributed by atoms with van der Waals surface area (Å²) in [7, 11) is 4.00. The second-order valence-corrected chi connectivity index (χ2v) is 7.23. The number of anilines is 3. The van der Waals surface area contributed by atoms with Crippen molar-refractivity contribution in [3.8, 4) is 11.5 Å². The van der Waals surface area contributed by atoms with Gasteiger partial charge in [0.25, 0.3) is 0 Å². The molecular formula is C24H26N4O2. The first-order chi connectivity index (χ1) is 14.4. The van der Waals surface area contributed by atoms with E-state index in [2.05, 4.69) is 27.1 Å². The average molecular weight is 402 g/mol. The molecule has 154 valence electrons. The largest absolute Gasteiger partial charge is 0.457 e. The molecule has 2 N–H and O–H groups in total. The van der Waals surface area contributed by atoms with E-state index in [4.69, 9.17) is 4.74 Å². The van der Waals surface area contributed by atoms with Crippen LogP contribution in [0, 0.1) is 6.92 Å². The number of carbonyl (C=O) groups is 1. The number of hydrogen-bond acceptors (Lipinski definition) is 5. The van der Waals surface area contributed by atoms with Crippen molar-refractivity contribution < 1.29 is 9.53 Å². The van der Waals surface area contributed by atoms with Crippen LogP contribution in [-0.4, -0.2) is 29.9 Å². The Morgan fingerprint density at radius 1 is 1.07 bits per heavy atom. The number of nitrogens with zero attached hydrogens (tertiary/aromatic N) is 2. The molecule has 6 nitrogen and oxygen atoms in total. The van der Waals surface area contributed by atoms with Crippen molar-refractivity contribution in [3.05, 3.63) is 84.6 Å². The maximum Gasteiger partial charge on any atom is 0.247 e. The predicted octanol–water partition coefficient (Wildman–Crippen LogP) is 5.11. The number of aromatic nitrogens is 1. The second-order valence-electron chi connectivity index (χ2n) is 7.23. The highest BCUT2D eigenvalue weighted by Crippen LogP contribution is 2.29. The van der Waals surface area contributed by atoms with Crippen molar-refractivity contribution >= 4 is 23.1 Å². The van der Waals surface area contributed by atoms with Crippen LogP contribution in [0.2, 0.25) is 0 Å². The summed E-state index contributed by atoms with van der Waals surface area (Å²) in [6, 6.07) is 17.3. The van der Waals surface area contributed by atoms with Crippen molar-refractivity contribution in [2.75, 3.05) is 24.7 Å². The number of carbonyl (C=O) groups excluding carboxylic acids is 1. The van der Waals surface area contributed by atoms with Crippen molar-refractivity contribution in [2.24, 2.45) is 0 Å². The van der Waals surface area contributed by atoms with Crippen LogP contribution in [0.15, 0.2) is 73.4 Å². The Bertz CT molecular complexity index is 1030. The van der Waals surface area contributed by atoms with Gasteiger partial charge in [-0.2, -0.15) is 0 Å². The molecule has 0 saturated heterocycles. The van der Waals surface area contributed by atoms with E-state index < -0.39 is 0 Å². The fourth-order valence-electron chi connectivity index (χ4n) is 2.87. The lowest BCUT2D eigenvalue weighted by molar-refractivity contribution is -0.111. The van der Waals surface area contributed by atoms with Crippen molar-refractivity contribution in [1.82, 2.24) is 9.88 Å². The quantitative estimate of drug-likeness (QED) is 0.513. The molecule has 0 unspecified atom stereocenters. The molecule has 30 heavy (non-hydrogen) atoms. The summed E-state index contributed by atoms with van der Waals surface area (Å²) < 4.78 is 5.92. The fourth-order valence-corrected chi connectivity index (χ4v) is 2.87. The smallest absolute Gasteiger partial charge is 0.247 e. The summed E-state index contributed by atoms with van der Waals surface area (Å²) in [6.45, 7) is 6.32. The van der Waals surface area contributed by atoms with E-state index in [0.717, 1.165) is 23.5 Å². The van der Waals surface area contributed by atoms with Gasteiger partial charge in [0.15, 0.2) is 0 Å². The van der Waals surface area contributed by atoms with Crippen LogP contribution in [-0.2, 0) is 11.3 Å². The van der Waals surface area contributed by atoms with Crippen LogP contribution in [0.1, 0.15) is 11.1 Å². The number of rotatable bonds is 8. The van der Waals surface area contributed by atoms with Gasteiger partial charge in [0.05, 0.1) is 11.4 Å². The molecule has 1 heterocycles. The zero-order valence-corrected chi connectivity index (χ0v) is 17.5. The number of aryl methyl sites for hydroxylation is 1. The van der Waals surface area contributed by atoms with Crippen LogP contribution in [0.25, 0.3) is 0 Å². The number of nitrogens with one attached hydrogen (secondary N) is 2. The van der Waals surface area contributed by atoms with Crippen LogP contribution >= 0.6 is 0 Å². The Labute approximate surface area is 177 Å². The van der Waals surface area contributed by atoms with Gasteiger partial charge in [-0.3, -0.25) is 4.79 Å². The van der Waals surface area contributed by atoms with Crippen molar-refractivity contribution in [3.63, 3.8) is 0 Å². The highest BCUT2D eigenvalue weighted by molar-refractivity contribution is 6.01. The van der Waals surface area contributed by atoms with Crippen molar-refractivity contribution in [1.29, 1.82) is 0 Å². The first-order valence-corrected chi connectivity index (χ1v) is 9.61. The summed E-state index contributed by atoms with van der Waals surface area (Å²) in [6.07, 6.45) is 2.92. The molecule has 1 aromatic heterocycles. The van der Waals surface area contributed by atoms with Gasteiger partial charge in [-0.25, -0.2) is 4.98 Å². The number of benzene rings is 2. The number of hydrogen-bond donors (Lipinski definition) is 2. The Morgan fingerprint density at radius 2 is 1.83 bits per heavy atom.